The molecule has 2 aromatic heterocycles. The van der Waals surface area contributed by atoms with E-state index in [0.717, 1.165) is 49.1 Å². The van der Waals surface area contributed by atoms with Crippen LogP contribution in [-0.4, -0.2) is 44.6 Å². The lowest BCUT2D eigenvalue weighted by Gasteiger charge is -2.37. The number of hydrogen-bond donors (Lipinski definition) is 1. The molecule has 4 heterocycles. The third-order valence-corrected chi connectivity index (χ3v) is 9.20. The van der Waals surface area contributed by atoms with Gasteiger partial charge in [-0.15, -0.1) is 0 Å². The predicted octanol–water partition coefficient (Wildman–Crippen LogP) is 8.01. The van der Waals surface area contributed by atoms with Crippen LogP contribution in [0.3, 0.4) is 0 Å². The minimum Gasteiger partial charge on any atom is -0.478 e. The number of fused-ring (bicyclic) bond motifs is 2. The van der Waals surface area contributed by atoms with Crippen LogP contribution in [0, 0.1) is 0 Å². The molecule has 14 heteroatoms. The van der Waals surface area contributed by atoms with E-state index < -0.39 is 23.3 Å². The van der Waals surface area contributed by atoms with Crippen molar-refractivity contribution in [2.75, 3.05) is 4.90 Å². The number of piperidine rings is 1. The topological polar surface area (TPSA) is 115 Å². The smallest absolute Gasteiger partial charge is 0.417 e. The number of aromatic nitrogens is 3. The van der Waals surface area contributed by atoms with Crippen molar-refractivity contribution in [1.82, 2.24) is 15.3 Å². The van der Waals surface area contributed by atoms with Gasteiger partial charge in [0.1, 0.15) is 11.5 Å². The van der Waals surface area contributed by atoms with E-state index in [2.05, 4.69) is 15.3 Å². The first-order chi connectivity index (χ1) is 21.1. The number of hydrogen-bond acceptors (Lipinski definition) is 8. The fourth-order valence-corrected chi connectivity index (χ4v) is 6.95. The van der Waals surface area contributed by atoms with E-state index in [1.54, 1.807) is 18.2 Å². The van der Waals surface area contributed by atoms with E-state index in [1.165, 1.54) is 6.07 Å². The highest BCUT2D eigenvalue weighted by atomic mass is 35.5. The van der Waals surface area contributed by atoms with E-state index in [9.17, 15) is 23.1 Å². The quantitative estimate of drug-likeness (QED) is 0.203. The van der Waals surface area contributed by atoms with Crippen molar-refractivity contribution in [3.63, 3.8) is 0 Å². The van der Waals surface area contributed by atoms with Crippen molar-refractivity contribution in [1.29, 1.82) is 0 Å². The van der Waals surface area contributed by atoms with Gasteiger partial charge in [0.05, 0.1) is 33.9 Å². The number of ether oxygens (including phenoxy) is 1. The zero-order valence-corrected chi connectivity index (χ0v) is 24.5. The maximum Gasteiger partial charge on any atom is 0.417 e. The molecule has 0 amide bonds. The number of rotatable bonds is 8. The number of halogens is 5. The van der Waals surface area contributed by atoms with Gasteiger partial charge in [0.25, 0.3) is 11.8 Å². The third-order valence-electron chi connectivity index (χ3n) is 8.57. The molecule has 230 valence electrons. The van der Waals surface area contributed by atoms with Crippen molar-refractivity contribution in [3.8, 4) is 22.7 Å². The molecule has 2 saturated heterocycles. The molecule has 2 aliphatic heterocycles. The lowest BCUT2D eigenvalue weighted by atomic mass is 9.99. The maximum atomic E-state index is 13.5. The Hall–Kier alpha value is -3.61. The fourth-order valence-electron chi connectivity index (χ4n) is 6.38. The summed E-state index contributed by atoms with van der Waals surface area (Å²) in [6.07, 6.45) is 0.255. The Morgan fingerprint density at radius 2 is 1.73 bits per heavy atom. The molecule has 3 atom stereocenters. The van der Waals surface area contributed by atoms with Crippen LogP contribution in [0.25, 0.3) is 22.7 Å². The molecule has 0 radical (unpaired) electrons. The lowest BCUT2D eigenvalue weighted by molar-refractivity contribution is -0.138. The summed E-state index contributed by atoms with van der Waals surface area (Å²) in [6.45, 7) is 0.288. The molecule has 9 nitrogen and oxygen atoms in total. The van der Waals surface area contributed by atoms with Gasteiger partial charge in [0.15, 0.2) is 0 Å². The fraction of sp³-hybridized carbons (Fsp3) is 0.400. The Morgan fingerprint density at radius 3 is 2.36 bits per heavy atom. The van der Waals surface area contributed by atoms with Crippen LogP contribution in [0.5, 0.6) is 0 Å². The van der Waals surface area contributed by atoms with Gasteiger partial charge in [-0.2, -0.15) is 18.2 Å². The number of benzene rings is 2. The van der Waals surface area contributed by atoms with Gasteiger partial charge in [-0.05, 0) is 74.0 Å². The Balaban J connectivity index is 1.08. The molecular weight excluding hydrogens is 624 g/mol. The van der Waals surface area contributed by atoms with Crippen molar-refractivity contribution < 1.29 is 36.9 Å². The highest BCUT2D eigenvalue weighted by Crippen LogP contribution is 2.47. The molecule has 3 aliphatic rings. The van der Waals surface area contributed by atoms with E-state index in [4.69, 9.17) is 37.0 Å². The van der Waals surface area contributed by atoms with Gasteiger partial charge in [-0.3, -0.25) is 0 Å². The summed E-state index contributed by atoms with van der Waals surface area (Å²) in [5.41, 5.74) is -0.0785. The minimum atomic E-state index is -4.86. The second-order valence-electron chi connectivity index (χ2n) is 11.4. The van der Waals surface area contributed by atoms with E-state index in [1.807, 2.05) is 4.90 Å². The van der Waals surface area contributed by atoms with Gasteiger partial charge in [-0.25, -0.2) is 4.79 Å². The molecule has 2 aromatic carbocycles. The average molecular weight is 649 g/mol. The minimum absolute atomic E-state index is 0.0127. The summed E-state index contributed by atoms with van der Waals surface area (Å²) in [6, 6.07) is 8.24. The lowest BCUT2D eigenvalue weighted by Crippen LogP contribution is -2.46. The Morgan fingerprint density at radius 1 is 1.02 bits per heavy atom. The summed E-state index contributed by atoms with van der Waals surface area (Å²) in [7, 11) is 0. The predicted molar refractivity (Wildman–Crippen MR) is 153 cm³/mol. The highest BCUT2D eigenvalue weighted by molar-refractivity contribution is 6.39. The number of anilines is 1. The van der Waals surface area contributed by atoms with E-state index in [0.29, 0.717) is 40.1 Å². The van der Waals surface area contributed by atoms with Crippen LogP contribution in [-0.2, 0) is 17.5 Å². The molecule has 1 aliphatic carbocycles. The molecular formula is C30H25Cl2F3N4O5. The highest BCUT2D eigenvalue weighted by Gasteiger charge is 2.44. The number of nitrogens with zero attached hydrogens (tertiary/aromatic N) is 4. The molecule has 3 fully saturated rings. The van der Waals surface area contributed by atoms with Crippen LogP contribution in [0.1, 0.15) is 71.7 Å². The van der Waals surface area contributed by atoms with Gasteiger partial charge < -0.3 is 23.8 Å². The van der Waals surface area contributed by atoms with Gasteiger partial charge >= 0.3 is 12.1 Å². The van der Waals surface area contributed by atoms with E-state index >= 15 is 0 Å². The second-order valence-corrected chi connectivity index (χ2v) is 12.2. The number of aromatic carboxylic acids is 1. The zero-order valence-electron chi connectivity index (χ0n) is 23.0. The molecule has 0 spiro atoms. The first-order valence-electron chi connectivity index (χ1n) is 14.2. The van der Waals surface area contributed by atoms with Crippen LogP contribution in [0.2, 0.25) is 10.0 Å². The molecule has 44 heavy (non-hydrogen) atoms. The maximum absolute atomic E-state index is 13.5. The van der Waals surface area contributed by atoms with Crippen molar-refractivity contribution in [2.45, 2.75) is 75.4 Å². The first kappa shape index (κ1) is 29.1. The van der Waals surface area contributed by atoms with Crippen molar-refractivity contribution in [2.24, 2.45) is 0 Å². The van der Waals surface area contributed by atoms with Crippen LogP contribution < -0.4 is 4.90 Å². The number of carbonyl (C=O) groups is 1. The zero-order chi connectivity index (χ0) is 30.7. The van der Waals surface area contributed by atoms with Crippen molar-refractivity contribution in [3.05, 3.63) is 68.9 Å². The molecule has 7 rings (SSSR count). The number of carboxylic acids is 1. The summed E-state index contributed by atoms with van der Waals surface area (Å²) in [5.74, 6) is -0.401. The standard InChI is InChI=1S/C30H25Cl2F3N4O5/c31-22-2-1-3-23(32)24(22)25-20(26(43-37-25)14-4-5-14)13-42-18-11-16-7-8-17(12-18)39(16)29-36-27(44-38-29)15-6-9-19(28(40)41)21(10-15)30(33,34)35/h1-3,6,9-10,14,16-18H,4-5,7-8,11-13H2,(H,40,41)/t16-,17+,18?. The number of alkyl halides is 3. The molecule has 2 bridgehead atoms. The monoisotopic (exact) mass is 648 g/mol. The van der Waals surface area contributed by atoms with Crippen molar-refractivity contribution >= 4 is 35.1 Å². The average Bonchev–Trinajstić information content (AvgIpc) is 3.45. The summed E-state index contributed by atoms with van der Waals surface area (Å²) in [5, 5.41) is 18.6. The SMILES string of the molecule is O=C(O)c1ccc(-c2nc(N3[C@@H]4CC[C@H]3CC(OCc3c(-c5c(Cl)cccc5Cl)noc3C3CC3)C4)no2)cc1C(F)(F)F. The summed E-state index contributed by atoms with van der Waals surface area (Å²) >= 11 is 13.0. The summed E-state index contributed by atoms with van der Waals surface area (Å²) in [4.78, 5) is 17.8. The van der Waals surface area contributed by atoms with E-state index in [-0.39, 0.29) is 42.2 Å². The molecule has 1 unspecified atom stereocenters. The molecule has 1 saturated carbocycles. The number of carboxylic acid groups (broad SMARTS) is 1. The van der Waals surface area contributed by atoms with Gasteiger partial charge in [0.2, 0.25) is 0 Å². The molecule has 4 aromatic rings. The largest absolute Gasteiger partial charge is 0.478 e. The van der Waals surface area contributed by atoms with Crippen LogP contribution in [0.4, 0.5) is 19.1 Å². The molecule has 1 N–H and O–H groups in total. The Labute approximate surface area is 258 Å². The van der Waals surface area contributed by atoms with Crippen LogP contribution >= 0.6 is 23.2 Å². The van der Waals surface area contributed by atoms with Crippen LogP contribution in [0.15, 0.2) is 45.4 Å². The van der Waals surface area contributed by atoms with Gasteiger partial charge in [-0.1, -0.05) is 34.4 Å². The third kappa shape index (κ3) is 5.33. The van der Waals surface area contributed by atoms with Gasteiger partial charge in [0, 0.05) is 34.7 Å². The normalized spacial score (nSPS) is 21.7. The first-order valence-corrected chi connectivity index (χ1v) is 15.0. The summed E-state index contributed by atoms with van der Waals surface area (Å²) < 4.78 is 58.2. The Kier molecular flexibility index (Phi) is 7.33. The second kappa shape index (κ2) is 11.1. The Bertz CT molecular complexity index is 1700.